The van der Waals surface area contributed by atoms with Gasteiger partial charge in [0.15, 0.2) is 0 Å². The zero-order chi connectivity index (χ0) is 11.3. The molecular weight excluding hydrogens is 206 g/mol. The van der Waals surface area contributed by atoms with Gasteiger partial charge in [0.2, 0.25) is 0 Å². The van der Waals surface area contributed by atoms with Gasteiger partial charge in [0, 0.05) is 11.1 Å². The minimum absolute atomic E-state index is 0.347. The van der Waals surface area contributed by atoms with Gasteiger partial charge in [-0.25, -0.2) is 0 Å². The number of rotatable bonds is 5. The second kappa shape index (κ2) is 6.14. The molecule has 2 heteroatoms. The average Bonchev–Trinajstić information content (AvgIpc) is 2.26. The normalized spacial score (nSPS) is 14.9. The number of hydrogen-bond acceptors (Lipinski definition) is 1. The predicted molar refractivity (Wildman–Crippen MR) is 67.4 cm³/mol. The van der Waals surface area contributed by atoms with Crippen LogP contribution in [-0.2, 0) is 0 Å². The summed E-state index contributed by atoms with van der Waals surface area (Å²) < 4.78 is 0. The third-order valence-corrected chi connectivity index (χ3v) is 3.19. The van der Waals surface area contributed by atoms with Crippen LogP contribution in [-0.4, -0.2) is 6.04 Å². The molecule has 0 aliphatic carbocycles. The van der Waals surface area contributed by atoms with Crippen LogP contribution in [0.4, 0.5) is 0 Å². The van der Waals surface area contributed by atoms with Gasteiger partial charge in [-0.2, -0.15) is 0 Å². The molecule has 0 fully saturated rings. The molecule has 1 rings (SSSR count). The molecule has 0 bridgehead atoms. The van der Waals surface area contributed by atoms with E-state index in [0.29, 0.717) is 12.0 Å². The highest BCUT2D eigenvalue weighted by atomic mass is 35.5. The summed E-state index contributed by atoms with van der Waals surface area (Å²) in [6, 6.07) is 8.45. The number of nitrogens with two attached hydrogens (primary N) is 1. The molecular formula is C13H20ClN. The molecule has 0 heterocycles. The maximum Gasteiger partial charge on any atom is 0.0406 e. The summed E-state index contributed by atoms with van der Waals surface area (Å²) in [5.41, 5.74) is 7.25. The lowest BCUT2D eigenvalue weighted by Gasteiger charge is -2.14. The smallest absolute Gasteiger partial charge is 0.0406 e. The maximum absolute atomic E-state index is 5.90. The Morgan fingerprint density at radius 2 is 1.80 bits per heavy atom. The van der Waals surface area contributed by atoms with Crippen LogP contribution >= 0.6 is 11.6 Å². The van der Waals surface area contributed by atoms with Crippen molar-refractivity contribution in [3.63, 3.8) is 0 Å². The van der Waals surface area contributed by atoms with Gasteiger partial charge in [0.25, 0.3) is 0 Å². The van der Waals surface area contributed by atoms with Crippen LogP contribution in [0.1, 0.15) is 44.6 Å². The van der Waals surface area contributed by atoms with Crippen molar-refractivity contribution in [3.05, 3.63) is 34.9 Å². The minimum atomic E-state index is 0.347. The van der Waals surface area contributed by atoms with Gasteiger partial charge < -0.3 is 5.73 Å². The van der Waals surface area contributed by atoms with Crippen molar-refractivity contribution in [2.75, 3.05) is 0 Å². The van der Waals surface area contributed by atoms with E-state index in [1.165, 1.54) is 5.56 Å². The van der Waals surface area contributed by atoms with Crippen LogP contribution in [0.25, 0.3) is 0 Å². The van der Waals surface area contributed by atoms with Gasteiger partial charge >= 0.3 is 0 Å². The molecule has 1 aromatic rings. The molecule has 0 aliphatic rings. The van der Waals surface area contributed by atoms with Crippen LogP contribution in [0, 0.1) is 0 Å². The number of halogens is 1. The van der Waals surface area contributed by atoms with E-state index in [2.05, 4.69) is 26.0 Å². The highest BCUT2D eigenvalue weighted by Crippen LogP contribution is 2.22. The van der Waals surface area contributed by atoms with Crippen molar-refractivity contribution in [3.8, 4) is 0 Å². The molecule has 15 heavy (non-hydrogen) atoms. The Bertz CT molecular complexity index is 281. The number of hydrogen-bond donors (Lipinski definition) is 1. The van der Waals surface area contributed by atoms with Gasteiger partial charge in [-0.05, 0) is 42.9 Å². The molecule has 0 saturated heterocycles. The van der Waals surface area contributed by atoms with Crippen LogP contribution in [0.5, 0.6) is 0 Å². The zero-order valence-electron chi connectivity index (χ0n) is 9.54. The molecule has 0 aromatic heterocycles. The zero-order valence-corrected chi connectivity index (χ0v) is 10.3. The Kier molecular flexibility index (Phi) is 5.13. The van der Waals surface area contributed by atoms with Crippen molar-refractivity contribution < 1.29 is 0 Å². The summed E-state index contributed by atoms with van der Waals surface area (Å²) in [5, 5.41) is 0.802. The fourth-order valence-electron chi connectivity index (χ4n) is 1.63. The first-order valence-corrected chi connectivity index (χ1v) is 6.02. The second-order valence-electron chi connectivity index (χ2n) is 4.20. The lowest BCUT2D eigenvalue weighted by molar-refractivity contribution is 0.530. The summed E-state index contributed by atoms with van der Waals surface area (Å²) in [6.45, 7) is 4.38. The highest BCUT2D eigenvalue weighted by molar-refractivity contribution is 6.30. The van der Waals surface area contributed by atoms with E-state index < -0.39 is 0 Å². The predicted octanol–water partition coefficient (Wildman–Crippen LogP) is 3.96. The van der Waals surface area contributed by atoms with Crippen LogP contribution < -0.4 is 5.73 Å². The minimum Gasteiger partial charge on any atom is -0.328 e. The Balaban J connectivity index is 2.46. The third-order valence-electron chi connectivity index (χ3n) is 2.93. The summed E-state index contributed by atoms with van der Waals surface area (Å²) in [6.07, 6.45) is 3.31. The molecule has 0 amide bonds. The topological polar surface area (TPSA) is 26.0 Å². The number of benzene rings is 1. The fourth-order valence-corrected chi connectivity index (χ4v) is 1.75. The van der Waals surface area contributed by atoms with Crippen molar-refractivity contribution in [2.24, 2.45) is 5.73 Å². The van der Waals surface area contributed by atoms with Crippen molar-refractivity contribution in [1.29, 1.82) is 0 Å². The van der Waals surface area contributed by atoms with Gasteiger partial charge in [0.05, 0.1) is 0 Å². The first-order chi connectivity index (χ1) is 7.13. The molecule has 0 aliphatic heterocycles. The monoisotopic (exact) mass is 225 g/mol. The van der Waals surface area contributed by atoms with Crippen LogP contribution in [0.2, 0.25) is 5.02 Å². The quantitative estimate of drug-likeness (QED) is 0.807. The summed E-state index contributed by atoms with van der Waals surface area (Å²) >= 11 is 5.85. The molecule has 2 atom stereocenters. The first-order valence-electron chi connectivity index (χ1n) is 5.64. The van der Waals surface area contributed by atoms with Gasteiger partial charge in [0.1, 0.15) is 0 Å². The van der Waals surface area contributed by atoms with Crippen molar-refractivity contribution >= 4 is 11.6 Å². The Labute approximate surface area is 97.6 Å². The third kappa shape index (κ3) is 4.23. The van der Waals surface area contributed by atoms with Gasteiger partial charge in [-0.1, -0.05) is 37.6 Å². The molecule has 2 N–H and O–H groups in total. The molecule has 0 spiro atoms. The SMILES string of the molecule is CCC(N)CCC(C)c1ccc(Cl)cc1. The lowest BCUT2D eigenvalue weighted by atomic mass is 9.94. The first kappa shape index (κ1) is 12.5. The van der Waals surface area contributed by atoms with E-state index in [9.17, 15) is 0 Å². The molecule has 1 nitrogen and oxygen atoms in total. The van der Waals surface area contributed by atoms with Gasteiger partial charge in [-0.3, -0.25) is 0 Å². The van der Waals surface area contributed by atoms with E-state index in [0.717, 1.165) is 24.3 Å². The molecule has 2 unspecified atom stereocenters. The standard InChI is InChI=1S/C13H20ClN/c1-3-13(15)9-4-10(2)11-5-7-12(14)8-6-11/h5-8,10,13H,3-4,9,15H2,1-2H3. The van der Waals surface area contributed by atoms with Crippen molar-refractivity contribution in [2.45, 2.75) is 45.1 Å². The summed E-state index contributed by atoms with van der Waals surface area (Å²) in [7, 11) is 0. The molecule has 1 aromatic carbocycles. The molecule has 0 radical (unpaired) electrons. The summed E-state index contributed by atoms with van der Waals surface area (Å²) in [4.78, 5) is 0. The van der Waals surface area contributed by atoms with E-state index in [-0.39, 0.29) is 0 Å². The van der Waals surface area contributed by atoms with Crippen LogP contribution in [0.3, 0.4) is 0 Å². The Morgan fingerprint density at radius 1 is 1.20 bits per heavy atom. The lowest BCUT2D eigenvalue weighted by Crippen LogP contribution is -2.18. The Hall–Kier alpha value is -0.530. The molecule has 84 valence electrons. The van der Waals surface area contributed by atoms with E-state index in [4.69, 9.17) is 17.3 Å². The second-order valence-corrected chi connectivity index (χ2v) is 4.63. The summed E-state index contributed by atoms with van der Waals surface area (Å²) in [5.74, 6) is 0.569. The van der Waals surface area contributed by atoms with E-state index in [1.807, 2.05) is 12.1 Å². The van der Waals surface area contributed by atoms with Crippen molar-refractivity contribution in [1.82, 2.24) is 0 Å². The van der Waals surface area contributed by atoms with E-state index >= 15 is 0 Å². The largest absolute Gasteiger partial charge is 0.328 e. The fraction of sp³-hybridized carbons (Fsp3) is 0.538. The maximum atomic E-state index is 5.90. The molecule has 0 saturated carbocycles. The van der Waals surface area contributed by atoms with Gasteiger partial charge in [-0.15, -0.1) is 0 Å². The Morgan fingerprint density at radius 3 is 2.33 bits per heavy atom. The van der Waals surface area contributed by atoms with Crippen LogP contribution in [0.15, 0.2) is 24.3 Å². The average molecular weight is 226 g/mol. The van der Waals surface area contributed by atoms with E-state index in [1.54, 1.807) is 0 Å². The highest BCUT2D eigenvalue weighted by Gasteiger charge is 2.07.